The van der Waals surface area contributed by atoms with Crippen molar-refractivity contribution in [3.05, 3.63) is 76.7 Å². The molecule has 1 aromatic heterocycles. The summed E-state index contributed by atoms with van der Waals surface area (Å²) in [6.45, 7) is 0.800. The van der Waals surface area contributed by atoms with Crippen molar-refractivity contribution in [3.63, 3.8) is 0 Å². The summed E-state index contributed by atoms with van der Waals surface area (Å²) in [5.41, 5.74) is 11.7. The van der Waals surface area contributed by atoms with E-state index in [0.717, 1.165) is 27.9 Å². The lowest BCUT2D eigenvalue weighted by molar-refractivity contribution is 0.0708. The summed E-state index contributed by atoms with van der Waals surface area (Å²) in [5, 5.41) is 4.50. The number of rotatable bonds is 8. The largest absolute Gasteiger partial charge is 0.376 e. The van der Waals surface area contributed by atoms with E-state index < -0.39 is 0 Å². The predicted octanol–water partition coefficient (Wildman–Crippen LogP) is 3.85. The molecule has 1 fully saturated rings. The average Bonchev–Trinajstić information content (AvgIpc) is 3.50. The molecule has 2 atom stereocenters. The number of aromatic nitrogens is 2. The van der Waals surface area contributed by atoms with Crippen molar-refractivity contribution in [2.75, 3.05) is 13.7 Å². The van der Waals surface area contributed by atoms with Gasteiger partial charge in [0.15, 0.2) is 0 Å². The molecular weight excluding hydrogens is 419 g/mol. The van der Waals surface area contributed by atoms with Crippen LogP contribution in [0.5, 0.6) is 0 Å². The van der Waals surface area contributed by atoms with Gasteiger partial charge in [0.2, 0.25) is 0 Å². The molecule has 1 aliphatic carbocycles. The molecule has 1 aliphatic heterocycles. The van der Waals surface area contributed by atoms with Crippen molar-refractivity contribution in [1.29, 1.82) is 0 Å². The van der Waals surface area contributed by atoms with Gasteiger partial charge >= 0.3 is 0 Å². The summed E-state index contributed by atoms with van der Waals surface area (Å²) in [5.74, 6) is 0.232. The molecule has 0 saturated heterocycles. The van der Waals surface area contributed by atoms with Gasteiger partial charge in [-0.3, -0.25) is 9.48 Å². The third kappa shape index (κ3) is 4.07. The van der Waals surface area contributed by atoms with Gasteiger partial charge in [-0.15, -0.1) is 0 Å². The Morgan fingerprint density at radius 2 is 2.06 bits per heavy atom. The minimum absolute atomic E-state index is 0.0265. The molecule has 3 aromatic rings. The SMILES string of the molecule is COC(c1cnn(C)c1-c1ccc2c(c1)CN([C@H](CN)Cc1cccc(F)c1)C2=O)C1CC1. The highest BCUT2D eigenvalue weighted by molar-refractivity contribution is 5.99. The van der Waals surface area contributed by atoms with Crippen molar-refractivity contribution in [3.8, 4) is 11.3 Å². The molecule has 2 aromatic carbocycles. The number of halogens is 1. The maximum Gasteiger partial charge on any atom is 0.254 e. The van der Waals surface area contributed by atoms with E-state index >= 15 is 0 Å². The van der Waals surface area contributed by atoms with E-state index in [-0.39, 0.29) is 23.9 Å². The topological polar surface area (TPSA) is 73.4 Å². The van der Waals surface area contributed by atoms with Crippen molar-refractivity contribution in [2.24, 2.45) is 18.7 Å². The second-order valence-corrected chi connectivity index (χ2v) is 9.09. The number of carbonyl (C=O) groups excluding carboxylic acids is 1. The van der Waals surface area contributed by atoms with Gasteiger partial charge < -0.3 is 15.4 Å². The molecule has 7 heteroatoms. The van der Waals surface area contributed by atoms with Gasteiger partial charge in [-0.2, -0.15) is 5.10 Å². The third-order valence-corrected chi connectivity index (χ3v) is 6.86. The Bertz CT molecular complexity index is 1190. The van der Waals surface area contributed by atoms with Gasteiger partial charge in [0.25, 0.3) is 5.91 Å². The zero-order chi connectivity index (χ0) is 23.1. The Morgan fingerprint density at radius 1 is 1.24 bits per heavy atom. The molecule has 6 nitrogen and oxygen atoms in total. The minimum Gasteiger partial charge on any atom is -0.376 e. The molecule has 5 rings (SSSR count). The first-order valence-electron chi connectivity index (χ1n) is 11.4. The van der Waals surface area contributed by atoms with Crippen LogP contribution in [0.15, 0.2) is 48.7 Å². The molecule has 1 unspecified atom stereocenters. The van der Waals surface area contributed by atoms with Crippen LogP contribution in [-0.2, 0) is 24.8 Å². The third-order valence-electron chi connectivity index (χ3n) is 6.86. The minimum atomic E-state index is -0.281. The fraction of sp³-hybridized carbons (Fsp3) is 0.385. The Labute approximate surface area is 193 Å². The normalized spacial score (nSPS) is 17.3. The summed E-state index contributed by atoms with van der Waals surface area (Å²) >= 11 is 0. The van der Waals surface area contributed by atoms with Crippen molar-refractivity contribution < 1.29 is 13.9 Å². The van der Waals surface area contributed by atoms with Crippen LogP contribution in [0.4, 0.5) is 4.39 Å². The second-order valence-electron chi connectivity index (χ2n) is 9.09. The van der Waals surface area contributed by atoms with Crippen LogP contribution in [0.1, 0.15) is 46.0 Å². The summed E-state index contributed by atoms with van der Waals surface area (Å²) in [7, 11) is 3.69. The molecule has 2 N–H and O–H groups in total. The highest BCUT2D eigenvalue weighted by Gasteiger charge is 2.36. The van der Waals surface area contributed by atoms with E-state index in [0.29, 0.717) is 31.0 Å². The van der Waals surface area contributed by atoms with E-state index in [2.05, 4.69) is 11.2 Å². The number of aryl methyl sites for hydroxylation is 1. The van der Waals surface area contributed by atoms with Crippen LogP contribution in [0.3, 0.4) is 0 Å². The van der Waals surface area contributed by atoms with E-state index in [1.54, 1.807) is 13.2 Å². The van der Waals surface area contributed by atoms with Crippen LogP contribution in [0.2, 0.25) is 0 Å². The molecule has 1 amide bonds. The van der Waals surface area contributed by atoms with Gasteiger partial charge in [-0.05, 0) is 60.6 Å². The van der Waals surface area contributed by atoms with Gasteiger partial charge in [-0.25, -0.2) is 4.39 Å². The second kappa shape index (κ2) is 8.72. The van der Waals surface area contributed by atoms with Crippen molar-refractivity contribution in [2.45, 2.75) is 38.0 Å². The number of benzene rings is 2. The van der Waals surface area contributed by atoms with Crippen molar-refractivity contribution >= 4 is 5.91 Å². The Hall–Kier alpha value is -3.03. The number of methoxy groups -OCH3 is 1. The number of carbonyl (C=O) groups is 1. The number of nitrogens with zero attached hydrogens (tertiary/aromatic N) is 3. The molecule has 2 heterocycles. The number of hydrogen-bond donors (Lipinski definition) is 1. The van der Waals surface area contributed by atoms with E-state index in [9.17, 15) is 9.18 Å². The smallest absolute Gasteiger partial charge is 0.254 e. The molecule has 2 aliphatic rings. The fourth-order valence-electron chi connectivity index (χ4n) is 5.03. The van der Waals surface area contributed by atoms with Crippen molar-refractivity contribution in [1.82, 2.24) is 14.7 Å². The first-order chi connectivity index (χ1) is 16.0. The Balaban J connectivity index is 1.42. The lowest BCUT2D eigenvalue weighted by Crippen LogP contribution is -2.42. The highest BCUT2D eigenvalue weighted by atomic mass is 19.1. The predicted molar refractivity (Wildman–Crippen MR) is 124 cm³/mol. The Kier molecular flexibility index (Phi) is 5.76. The molecule has 33 heavy (non-hydrogen) atoms. The monoisotopic (exact) mass is 448 g/mol. The number of ether oxygens (including phenoxy) is 1. The maximum atomic E-state index is 13.6. The summed E-state index contributed by atoms with van der Waals surface area (Å²) in [6, 6.07) is 12.3. The van der Waals surface area contributed by atoms with Gasteiger partial charge in [0.1, 0.15) is 5.82 Å². The Morgan fingerprint density at radius 3 is 2.76 bits per heavy atom. The fourth-order valence-corrected chi connectivity index (χ4v) is 5.03. The summed E-state index contributed by atoms with van der Waals surface area (Å²) in [6.07, 6.45) is 4.80. The number of hydrogen-bond acceptors (Lipinski definition) is 4. The number of fused-ring (bicyclic) bond motifs is 1. The molecular formula is C26H29FN4O2. The maximum absolute atomic E-state index is 13.6. The van der Waals surface area contributed by atoms with Crippen LogP contribution < -0.4 is 5.73 Å². The van der Waals surface area contributed by atoms with E-state index in [1.807, 2.05) is 41.0 Å². The van der Waals surface area contributed by atoms with Crippen LogP contribution in [0, 0.1) is 11.7 Å². The number of nitrogens with two attached hydrogens (primary N) is 1. The molecule has 0 bridgehead atoms. The lowest BCUT2D eigenvalue weighted by atomic mass is 9.98. The number of amides is 1. The van der Waals surface area contributed by atoms with Gasteiger partial charge in [-0.1, -0.05) is 18.2 Å². The quantitative estimate of drug-likeness (QED) is 0.568. The zero-order valence-corrected chi connectivity index (χ0v) is 19.0. The van der Waals surface area contributed by atoms with Crippen LogP contribution >= 0.6 is 0 Å². The average molecular weight is 449 g/mol. The standard InChI is InChI=1S/C26H29FN4O2/c1-30-24(23(14-29-30)25(33-2)17-6-7-17)18-8-9-22-19(12-18)15-31(26(22)32)21(13-28)11-16-4-3-5-20(27)10-16/h3-5,8-10,12,14,17,21,25H,6-7,11,13,15,28H2,1-2H3/t21-,25?/m0/s1. The molecule has 0 radical (unpaired) electrons. The zero-order valence-electron chi connectivity index (χ0n) is 19.0. The van der Waals surface area contributed by atoms with E-state index in [1.165, 1.54) is 25.0 Å². The molecule has 0 spiro atoms. The molecule has 1 saturated carbocycles. The lowest BCUT2D eigenvalue weighted by Gasteiger charge is -2.26. The molecule has 172 valence electrons. The first-order valence-corrected chi connectivity index (χ1v) is 11.4. The van der Waals surface area contributed by atoms with Crippen LogP contribution in [0.25, 0.3) is 11.3 Å². The summed E-state index contributed by atoms with van der Waals surface area (Å²) in [4.78, 5) is 15.0. The van der Waals surface area contributed by atoms with Gasteiger partial charge in [0.05, 0.1) is 18.0 Å². The van der Waals surface area contributed by atoms with Gasteiger partial charge in [0, 0.05) is 50.0 Å². The van der Waals surface area contributed by atoms with Crippen LogP contribution in [-0.4, -0.2) is 40.3 Å². The summed E-state index contributed by atoms with van der Waals surface area (Å²) < 4.78 is 21.3. The first kappa shape index (κ1) is 21.8. The van der Waals surface area contributed by atoms with E-state index in [4.69, 9.17) is 10.5 Å². The highest BCUT2D eigenvalue weighted by Crippen LogP contribution is 2.45.